The third kappa shape index (κ3) is 2.40. The third-order valence-corrected chi connectivity index (χ3v) is 2.26. The van der Waals surface area contributed by atoms with Crippen molar-refractivity contribution in [3.63, 3.8) is 0 Å². The fourth-order valence-electron chi connectivity index (χ4n) is 1.39. The van der Waals surface area contributed by atoms with Crippen LogP contribution in [-0.4, -0.2) is 14.2 Å². The summed E-state index contributed by atoms with van der Waals surface area (Å²) in [5, 5.41) is 26.7. The van der Waals surface area contributed by atoms with Gasteiger partial charge in [0.15, 0.2) is 0 Å². The van der Waals surface area contributed by atoms with Crippen molar-refractivity contribution in [1.29, 1.82) is 15.8 Å². The normalized spacial score (nSPS) is 8.39. The summed E-state index contributed by atoms with van der Waals surface area (Å²) in [6, 6.07) is 10.0. The van der Waals surface area contributed by atoms with Gasteiger partial charge in [-0.3, -0.25) is 0 Å². The van der Waals surface area contributed by atoms with E-state index in [0.717, 1.165) is 0 Å². The molecule has 0 aliphatic heterocycles. The average Bonchev–Trinajstić information content (AvgIpc) is 2.44. The van der Waals surface area contributed by atoms with E-state index in [0.29, 0.717) is 17.1 Å². The molecule has 0 saturated carbocycles. The highest BCUT2D eigenvalue weighted by Crippen LogP contribution is 2.31. The number of allylic oxidation sites excluding steroid dienone is 2. The largest absolute Gasteiger partial charge is 0.497 e. The summed E-state index contributed by atoms with van der Waals surface area (Å²) in [6.45, 7) is 0. The van der Waals surface area contributed by atoms with Crippen LogP contribution < -0.4 is 9.47 Å². The van der Waals surface area contributed by atoms with Crippen molar-refractivity contribution in [3.8, 4) is 29.7 Å². The lowest BCUT2D eigenvalue weighted by Crippen LogP contribution is -1.94. The smallest absolute Gasteiger partial charge is 0.148 e. The van der Waals surface area contributed by atoms with Crippen LogP contribution >= 0.6 is 0 Å². The van der Waals surface area contributed by atoms with Gasteiger partial charge in [-0.25, -0.2) is 0 Å². The molecule has 0 atom stereocenters. The van der Waals surface area contributed by atoms with Crippen LogP contribution in [0.4, 0.5) is 0 Å². The SMILES string of the molecule is COc1ccc(C(C#N)=C(C#N)C#N)c(OC)c1. The van der Waals surface area contributed by atoms with E-state index in [1.165, 1.54) is 14.2 Å². The van der Waals surface area contributed by atoms with Gasteiger partial charge in [-0.2, -0.15) is 15.8 Å². The fraction of sp³-hybridized carbons (Fsp3) is 0.154. The van der Waals surface area contributed by atoms with E-state index < -0.39 is 0 Å². The number of ether oxygens (including phenoxy) is 2. The second kappa shape index (κ2) is 5.94. The molecule has 0 unspecified atom stereocenters. The number of methoxy groups -OCH3 is 2. The van der Waals surface area contributed by atoms with E-state index in [9.17, 15) is 0 Å². The van der Waals surface area contributed by atoms with E-state index >= 15 is 0 Å². The highest BCUT2D eigenvalue weighted by Gasteiger charge is 2.14. The highest BCUT2D eigenvalue weighted by molar-refractivity contribution is 5.87. The maximum absolute atomic E-state index is 9.06. The third-order valence-electron chi connectivity index (χ3n) is 2.26. The van der Waals surface area contributed by atoms with E-state index in [4.69, 9.17) is 25.3 Å². The molecule has 0 aromatic heterocycles. The number of benzene rings is 1. The summed E-state index contributed by atoms with van der Waals surface area (Å²) in [5.74, 6) is 0.928. The molecule has 0 spiro atoms. The monoisotopic (exact) mass is 239 g/mol. The Bertz CT molecular complexity index is 597. The van der Waals surface area contributed by atoms with Gasteiger partial charge < -0.3 is 9.47 Å². The number of hydrogen-bond donors (Lipinski definition) is 0. The molecule has 0 amide bonds. The zero-order valence-electron chi connectivity index (χ0n) is 9.89. The van der Waals surface area contributed by atoms with Gasteiger partial charge in [0.25, 0.3) is 0 Å². The second-order valence-electron chi connectivity index (χ2n) is 3.15. The molecule has 0 radical (unpaired) electrons. The minimum absolute atomic E-state index is 0.0143. The molecule has 5 heteroatoms. The highest BCUT2D eigenvalue weighted by atomic mass is 16.5. The zero-order valence-corrected chi connectivity index (χ0v) is 9.89. The lowest BCUT2D eigenvalue weighted by molar-refractivity contribution is 0.393. The molecule has 1 aromatic carbocycles. The minimum Gasteiger partial charge on any atom is -0.497 e. The molecule has 0 saturated heterocycles. The van der Waals surface area contributed by atoms with Gasteiger partial charge in [0.2, 0.25) is 0 Å². The van der Waals surface area contributed by atoms with Crippen molar-refractivity contribution < 1.29 is 9.47 Å². The summed E-state index contributed by atoms with van der Waals surface area (Å²) in [7, 11) is 2.94. The van der Waals surface area contributed by atoms with E-state index in [1.807, 2.05) is 6.07 Å². The predicted octanol–water partition coefficient (Wildman–Crippen LogP) is 2.03. The van der Waals surface area contributed by atoms with Crippen LogP contribution in [0.1, 0.15) is 5.56 Å². The molecule has 0 heterocycles. The first-order valence-electron chi connectivity index (χ1n) is 4.88. The van der Waals surface area contributed by atoms with Gasteiger partial charge in [-0.15, -0.1) is 0 Å². The Morgan fingerprint density at radius 2 is 1.67 bits per heavy atom. The minimum atomic E-state index is -0.249. The predicted molar refractivity (Wildman–Crippen MR) is 63.3 cm³/mol. The van der Waals surface area contributed by atoms with Crippen LogP contribution in [-0.2, 0) is 0 Å². The fourth-order valence-corrected chi connectivity index (χ4v) is 1.39. The molecule has 5 nitrogen and oxygen atoms in total. The van der Waals surface area contributed by atoms with Gasteiger partial charge in [-0.05, 0) is 12.1 Å². The lowest BCUT2D eigenvalue weighted by atomic mass is 10.0. The van der Waals surface area contributed by atoms with Crippen molar-refractivity contribution >= 4 is 5.57 Å². The molecular weight excluding hydrogens is 230 g/mol. The quantitative estimate of drug-likeness (QED) is 0.752. The van der Waals surface area contributed by atoms with Gasteiger partial charge in [0, 0.05) is 11.6 Å². The van der Waals surface area contributed by atoms with Crippen molar-refractivity contribution in [3.05, 3.63) is 29.3 Å². The summed E-state index contributed by atoms with van der Waals surface area (Å²) in [4.78, 5) is 0. The van der Waals surface area contributed by atoms with Crippen LogP contribution in [0.5, 0.6) is 11.5 Å². The summed E-state index contributed by atoms with van der Waals surface area (Å²) in [5.41, 5.74) is 0.124. The van der Waals surface area contributed by atoms with E-state index in [1.54, 1.807) is 30.3 Å². The van der Waals surface area contributed by atoms with E-state index in [-0.39, 0.29) is 11.1 Å². The molecule has 0 aliphatic rings. The molecular formula is C13H9N3O2. The molecule has 0 fully saturated rings. The number of hydrogen-bond acceptors (Lipinski definition) is 5. The summed E-state index contributed by atoms with van der Waals surface area (Å²) < 4.78 is 10.2. The Morgan fingerprint density at radius 3 is 2.11 bits per heavy atom. The molecule has 0 N–H and O–H groups in total. The molecule has 0 bridgehead atoms. The number of nitriles is 3. The van der Waals surface area contributed by atoms with Crippen molar-refractivity contribution in [2.24, 2.45) is 0 Å². The van der Waals surface area contributed by atoms with Gasteiger partial charge in [0.05, 0.1) is 19.8 Å². The molecule has 1 rings (SSSR count). The first-order chi connectivity index (χ1) is 8.71. The molecule has 18 heavy (non-hydrogen) atoms. The standard InChI is InChI=1S/C13H9N3O2/c1-17-10-3-4-11(13(5-10)18-2)12(8-16)9(6-14)7-15/h3-5H,1-2H3. The Balaban J connectivity index is 3.52. The van der Waals surface area contributed by atoms with Crippen LogP contribution in [0.2, 0.25) is 0 Å². The summed E-state index contributed by atoms with van der Waals surface area (Å²) >= 11 is 0. The zero-order chi connectivity index (χ0) is 13.5. The Kier molecular flexibility index (Phi) is 4.32. The number of rotatable bonds is 3. The Hall–Kier alpha value is -2.97. The van der Waals surface area contributed by atoms with Gasteiger partial charge in [-0.1, -0.05) is 0 Å². The molecule has 1 aromatic rings. The van der Waals surface area contributed by atoms with Crippen LogP contribution in [0, 0.1) is 34.0 Å². The maximum atomic E-state index is 9.06. The van der Waals surface area contributed by atoms with Crippen LogP contribution in [0.25, 0.3) is 5.57 Å². The van der Waals surface area contributed by atoms with Crippen LogP contribution in [0.15, 0.2) is 23.8 Å². The van der Waals surface area contributed by atoms with Crippen LogP contribution in [0.3, 0.4) is 0 Å². The van der Waals surface area contributed by atoms with Gasteiger partial charge in [0.1, 0.15) is 35.3 Å². The lowest BCUT2D eigenvalue weighted by Gasteiger charge is -2.09. The Labute approximate surface area is 105 Å². The first-order valence-corrected chi connectivity index (χ1v) is 4.88. The van der Waals surface area contributed by atoms with Crippen molar-refractivity contribution in [2.75, 3.05) is 14.2 Å². The van der Waals surface area contributed by atoms with E-state index in [2.05, 4.69) is 0 Å². The first kappa shape index (κ1) is 13.1. The van der Waals surface area contributed by atoms with Gasteiger partial charge >= 0.3 is 0 Å². The van der Waals surface area contributed by atoms with Crippen molar-refractivity contribution in [1.82, 2.24) is 0 Å². The molecule has 88 valence electrons. The number of nitrogens with zero attached hydrogens (tertiary/aromatic N) is 3. The van der Waals surface area contributed by atoms with Crippen molar-refractivity contribution in [2.45, 2.75) is 0 Å². The summed E-state index contributed by atoms with van der Waals surface area (Å²) in [6.07, 6.45) is 0. The Morgan fingerprint density at radius 1 is 1.00 bits per heavy atom. The molecule has 0 aliphatic carbocycles. The topological polar surface area (TPSA) is 89.8 Å². The average molecular weight is 239 g/mol. The maximum Gasteiger partial charge on any atom is 0.148 e. The second-order valence-corrected chi connectivity index (χ2v) is 3.15.